The van der Waals surface area contributed by atoms with Gasteiger partial charge in [0.15, 0.2) is 0 Å². The molecular formula is C15H22BrClN2O. The smallest absolute Gasteiger partial charge is 0.252 e. The van der Waals surface area contributed by atoms with Gasteiger partial charge in [-0.2, -0.15) is 0 Å². The lowest BCUT2D eigenvalue weighted by Crippen LogP contribution is -2.45. The summed E-state index contributed by atoms with van der Waals surface area (Å²) in [7, 11) is 0. The van der Waals surface area contributed by atoms with Crippen molar-refractivity contribution in [1.82, 2.24) is 10.6 Å². The number of amides is 1. The molecule has 0 radical (unpaired) electrons. The third kappa shape index (κ3) is 4.47. The highest BCUT2D eigenvalue weighted by Gasteiger charge is 2.27. The van der Waals surface area contributed by atoms with Crippen LogP contribution in [-0.2, 0) is 0 Å². The predicted octanol–water partition coefficient (Wildman–Crippen LogP) is 3.30. The Bertz CT molecular complexity index is 473. The monoisotopic (exact) mass is 360 g/mol. The molecule has 20 heavy (non-hydrogen) atoms. The van der Waals surface area contributed by atoms with Crippen molar-refractivity contribution in [3.05, 3.63) is 33.8 Å². The molecule has 1 atom stereocenters. The summed E-state index contributed by atoms with van der Waals surface area (Å²) in [6.45, 7) is 7.03. The van der Waals surface area contributed by atoms with E-state index in [1.807, 2.05) is 25.1 Å². The molecule has 1 aliphatic rings. The van der Waals surface area contributed by atoms with Gasteiger partial charge in [0, 0.05) is 17.6 Å². The molecule has 1 amide bonds. The number of carbonyl (C=O) groups is 1. The average Bonchev–Trinajstić information content (AvgIpc) is 2.37. The first-order chi connectivity index (χ1) is 9.00. The van der Waals surface area contributed by atoms with Gasteiger partial charge in [0.05, 0.1) is 5.56 Å². The zero-order valence-corrected chi connectivity index (χ0v) is 14.4. The summed E-state index contributed by atoms with van der Waals surface area (Å²) in [4.78, 5) is 12.2. The number of nitrogens with one attached hydrogen (secondary N) is 2. The second-order valence-corrected chi connectivity index (χ2v) is 6.61. The summed E-state index contributed by atoms with van der Waals surface area (Å²) >= 11 is 3.45. The van der Waals surface area contributed by atoms with Crippen LogP contribution in [-0.4, -0.2) is 25.5 Å². The Morgan fingerprint density at radius 3 is 2.85 bits per heavy atom. The number of hydrogen-bond acceptors (Lipinski definition) is 2. The molecule has 1 heterocycles. The number of carbonyl (C=O) groups excluding carboxylic acids is 1. The van der Waals surface area contributed by atoms with Crippen LogP contribution in [0.25, 0.3) is 0 Å². The van der Waals surface area contributed by atoms with E-state index < -0.39 is 0 Å². The number of rotatable bonds is 3. The Kier molecular flexibility index (Phi) is 6.49. The van der Waals surface area contributed by atoms with Crippen molar-refractivity contribution in [3.8, 4) is 0 Å². The van der Waals surface area contributed by atoms with E-state index >= 15 is 0 Å². The molecule has 3 nitrogen and oxygen atoms in total. The fraction of sp³-hybridized carbons (Fsp3) is 0.533. The van der Waals surface area contributed by atoms with Gasteiger partial charge in [-0.15, -0.1) is 12.4 Å². The lowest BCUT2D eigenvalue weighted by molar-refractivity contribution is 0.0924. The highest BCUT2D eigenvalue weighted by molar-refractivity contribution is 9.10. The van der Waals surface area contributed by atoms with Gasteiger partial charge in [0.25, 0.3) is 5.91 Å². The van der Waals surface area contributed by atoms with Crippen LogP contribution in [0.2, 0.25) is 0 Å². The number of benzene rings is 1. The second kappa shape index (κ2) is 7.43. The molecule has 0 saturated carbocycles. The topological polar surface area (TPSA) is 41.1 Å². The minimum Gasteiger partial charge on any atom is -0.351 e. The lowest BCUT2D eigenvalue weighted by atomic mass is 9.83. The van der Waals surface area contributed by atoms with Crippen molar-refractivity contribution in [2.24, 2.45) is 5.41 Å². The maximum atomic E-state index is 12.2. The summed E-state index contributed by atoms with van der Waals surface area (Å²) in [6.07, 6.45) is 2.34. The van der Waals surface area contributed by atoms with E-state index in [4.69, 9.17) is 0 Å². The first-order valence-corrected chi connectivity index (χ1v) is 7.55. The van der Waals surface area contributed by atoms with E-state index in [1.165, 1.54) is 6.42 Å². The normalized spacial score (nSPS) is 21.9. The molecule has 2 rings (SSSR count). The van der Waals surface area contributed by atoms with Crippen LogP contribution >= 0.6 is 28.3 Å². The molecule has 1 aliphatic heterocycles. The third-order valence-electron chi connectivity index (χ3n) is 3.73. The molecule has 1 aromatic carbocycles. The number of aryl methyl sites for hydroxylation is 1. The van der Waals surface area contributed by atoms with E-state index in [9.17, 15) is 4.79 Å². The number of hydrogen-bond donors (Lipinski definition) is 2. The maximum Gasteiger partial charge on any atom is 0.252 e. The van der Waals surface area contributed by atoms with Crippen LogP contribution in [0.4, 0.5) is 0 Å². The van der Waals surface area contributed by atoms with Gasteiger partial charge in [-0.3, -0.25) is 4.79 Å². The minimum atomic E-state index is -0.00123. The first kappa shape index (κ1) is 17.5. The van der Waals surface area contributed by atoms with E-state index in [2.05, 4.69) is 33.5 Å². The summed E-state index contributed by atoms with van der Waals surface area (Å²) in [5.74, 6) is -0.00123. The first-order valence-electron chi connectivity index (χ1n) is 6.75. The summed E-state index contributed by atoms with van der Waals surface area (Å²) in [5, 5.41) is 6.46. The Morgan fingerprint density at radius 2 is 2.25 bits per heavy atom. The average molecular weight is 362 g/mol. The van der Waals surface area contributed by atoms with Gasteiger partial charge >= 0.3 is 0 Å². The Hall–Kier alpha value is -0.580. The minimum absolute atomic E-state index is 0. The van der Waals surface area contributed by atoms with Gasteiger partial charge in [-0.1, -0.05) is 13.0 Å². The van der Waals surface area contributed by atoms with E-state index in [0.717, 1.165) is 36.1 Å². The molecule has 0 bridgehead atoms. The largest absolute Gasteiger partial charge is 0.351 e. The van der Waals surface area contributed by atoms with Crippen molar-refractivity contribution < 1.29 is 4.79 Å². The van der Waals surface area contributed by atoms with Crippen LogP contribution in [0, 0.1) is 12.3 Å². The molecule has 1 saturated heterocycles. The van der Waals surface area contributed by atoms with Crippen molar-refractivity contribution in [2.75, 3.05) is 19.6 Å². The van der Waals surface area contributed by atoms with Crippen molar-refractivity contribution >= 4 is 34.2 Å². The summed E-state index contributed by atoms with van der Waals surface area (Å²) in [5.41, 5.74) is 2.02. The van der Waals surface area contributed by atoms with E-state index in [-0.39, 0.29) is 23.7 Å². The highest BCUT2D eigenvalue weighted by Crippen LogP contribution is 2.25. The quantitative estimate of drug-likeness (QED) is 0.867. The van der Waals surface area contributed by atoms with E-state index in [1.54, 1.807) is 0 Å². The second-order valence-electron chi connectivity index (χ2n) is 5.76. The summed E-state index contributed by atoms with van der Waals surface area (Å²) in [6, 6.07) is 5.80. The Balaban J connectivity index is 0.00000200. The molecule has 112 valence electrons. The van der Waals surface area contributed by atoms with Gasteiger partial charge < -0.3 is 10.6 Å². The standard InChI is InChI=1S/C15H21BrN2O.ClH/c1-11-4-5-12(13(16)8-11)14(19)18-10-15(2)6-3-7-17-9-15;/h4-5,8,17H,3,6-7,9-10H2,1-2H3,(H,18,19);1H. The molecule has 1 aromatic rings. The summed E-state index contributed by atoms with van der Waals surface area (Å²) < 4.78 is 0.858. The molecule has 0 spiro atoms. The van der Waals surface area contributed by atoms with Crippen LogP contribution in [0.15, 0.2) is 22.7 Å². The van der Waals surface area contributed by atoms with Crippen LogP contribution in [0.3, 0.4) is 0 Å². The fourth-order valence-corrected chi connectivity index (χ4v) is 3.14. The molecule has 1 unspecified atom stereocenters. The fourth-order valence-electron chi connectivity index (χ4n) is 2.46. The van der Waals surface area contributed by atoms with Gasteiger partial charge in [0.1, 0.15) is 0 Å². The van der Waals surface area contributed by atoms with Crippen molar-refractivity contribution in [2.45, 2.75) is 26.7 Å². The zero-order chi connectivity index (χ0) is 13.9. The van der Waals surface area contributed by atoms with Crippen LogP contribution < -0.4 is 10.6 Å². The molecule has 2 N–H and O–H groups in total. The molecule has 1 fully saturated rings. The Morgan fingerprint density at radius 1 is 1.50 bits per heavy atom. The van der Waals surface area contributed by atoms with Gasteiger partial charge in [0.2, 0.25) is 0 Å². The molecular weight excluding hydrogens is 340 g/mol. The SMILES string of the molecule is Cc1ccc(C(=O)NCC2(C)CCCNC2)c(Br)c1.Cl. The highest BCUT2D eigenvalue weighted by atomic mass is 79.9. The van der Waals surface area contributed by atoms with Gasteiger partial charge in [-0.25, -0.2) is 0 Å². The van der Waals surface area contributed by atoms with Crippen LogP contribution in [0.5, 0.6) is 0 Å². The third-order valence-corrected chi connectivity index (χ3v) is 4.39. The molecule has 0 aromatic heterocycles. The van der Waals surface area contributed by atoms with Crippen molar-refractivity contribution in [1.29, 1.82) is 0 Å². The molecule has 5 heteroatoms. The van der Waals surface area contributed by atoms with Gasteiger partial charge in [-0.05, 0) is 65.4 Å². The number of halogens is 2. The van der Waals surface area contributed by atoms with Crippen molar-refractivity contribution in [3.63, 3.8) is 0 Å². The van der Waals surface area contributed by atoms with Crippen LogP contribution in [0.1, 0.15) is 35.7 Å². The maximum absolute atomic E-state index is 12.2. The number of piperidine rings is 1. The Labute approximate surface area is 135 Å². The predicted molar refractivity (Wildman–Crippen MR) is 88.7 cm³/mol. The van der Waals surface area contributed by atoms with E-state index in [0.29, 0.717) is 5.56 Å². The lowest BCUT2D eigenvalue weighted by Gasteiger charge is -2.34. The zero-order valence-electron chi connectivity index (χ0n) is 12.0. The molecule has 0 aliphatic carbocycles.